The summed E-state index contributed by atoms with van der Waals surface area (Å²) in [4.78, 5) is 11.9. The van der Waals surface area contributed by atoms with Gasteiger partial charge in [0.2, 0.25) is 0 Å². The summed E-state index contributed by atoms with van der Waals surface area (Å²) in [6.07, 6.45) is 8.65. The number of hydrogen-bond acceptors (Lipinski definition) is 4. The molecular weight excluding hydrogens is 316 g/mol. The molecule has 0 spiro atoms. The fourth-order valence-electron chi connectivity index (χ4n) is 3.02. The molecule has 1 aromatic rings. The Morgan fingerprint density at radius 1 is 1.24 bits per heavy atom. The van der Waals surface area contributed by atoms with Crippen LogP contribution in [0.5, 0.6) is 0 Å². The largest absolute Gasteiger partial charge is 0.466 e. The SMILES string of the molecule is CCCCCCOC(=O)C[C@@H]1C[C@H](O)C[C@H](/C=C/c2ccccc2)O1. The third-order valence-electron chi connectivity index (χ3n) is 4.36. The second kappa shape index (κ2) is 11.1. The topological polar surface area (TPSA) is 55.8 Å². The molecule has 4 heteroatoms. The fourth-order valence-corrected chi connectivity index (χ4v) is 3.02. The molecule has 138 valence electrons. The van der Waals surface area contributed by atoms with Gasteiger partial charge in [0.15, 0.2) is 0 Å². The minimum Gasteiger partial charge on any atom is -0.466 e. The predicted octanol–water partition coefficient (Wildman–Crippen LogP) is 4.12. The van der Waals surface area contributed by atoms with Gasteiger partial charge >= 0.3 is 5.97 Å². The van der Waals surface area contributed by atoms with Gasteiger partial charge in [-0.2, -0.15) is 0 Å². The van der Waals surface area contributed by atoms with Crippen LogP contribution in [0.15, 0.2) is 36.4 Å². The molecule has 0 saturated carbocycles. The smallest absolute Gasteiger partial charge is 0.308 e. The zero-order valence-corrected chi connectivity index (χ0v) is 15.1. The molecule has 1 fully saturated rings. The number of benzene rings is 1. The van der Waals surface area contributed by atoms with E-state index < -0.39 is 6.10 Å². The van der Waals surface area contributed by atoms with Crippen molar-refractivity contribution in [2.45, 2.75) is 70.2 Å². The molecule has 1 aliphatic heterocycles. The Morgan fingerprint density at radius 3 is 2.80 bits per heavy atom. The van der Waals surface area contributed by atoms with Crippen LogP contribution in [0.25, 0.3) is 6.08 Å². The molecule has 0 unspecified atom stereocenters. The Morgan fingerprint density at radius 2 is 2.04 bits per heavy atom. The highest BCUT2D eigenvalue weighted by Crippen LogP contribution is 2.23. The highest BCUT2D eigenvalue weighted by molar-refractivity contribution is 5.70. The number of rotatable bonds is 9. The third-order valence-corrected chi connectivity index (χ3v) is 4.36. The second-order valence-corrected chi connectivity index (χ2v) is 6.68. The number of unbranched alkanes of at least 4 members (excludes halogenated alkanes) is 3. The van der Waals surface area contributed by atoms with Crippen LogP contribution < -0.4 is 0 Å². The van der Waals surface area contributed by atoms with Gasteiger partial charge in [0.1, 0.15) is 0 Å². The van der Waals surface area contributed by atoms with Crippen LogP contribution in [0.1, 0.15) is 57.4 Å². The molecule has 0 bridgehead atoms. The monoisotopic (exact) mass is 346 g/mol. The van der Waals surface area contributed by atoms with E-state index in [9.17, 15) is 9.90 Å². The molecule has 0 aromatic heterocycles. The van der Waals surface area contributed by atoms with Gasteiger partial charge in [-0.25, -0.2) is 0 Å². The average molecular weight is 346 g/mol. The maximum absolute atomic E-state index is 11.9. The normalized spacial score (nSPS) is 23.7. The van der Waals surface area contributed by atoms with Crippen LogP contribution >= 0.6 is 0 Å². The van der Waals surface area contributed by atoms with Crippen LogP contribution in [0.2, 0.25) is 0 Å². The molecule has 25 heavy (non-hydrogen) atoms. The first kappa shape index (κ1) is 19.7. The summed E-state index contributed by atoms with van der Waals surface area (Å²) in [7, 11) is 0. The lowest BCUT2D eigenvalue weighted by molar-refractivity contribution is -0.151. The minimum absolute atomic E-state index is 0.175. The molecule has 4 nitrogen and oxygen atoms in total. The fraction of sp³-hybridized carbons (Fsp3) is 0.571. The van der Waals surface area contributed by atoms with Gasteiger partial charge in [-0.3, -0.25) is 4.79 Å². The van der Waals surface area contributed by atoms with E-state index in [1.165, 1.54) is 12.8 Å². The van der Waals surface area contributed by atoms with E-state index in [1.807, 2.05) is 42.5 Å². The van der Waals surface area contributed by atoms with E-state index in [2.05, 4.69) is 6.92 Å². The van der Waals surface area contributed by atoms with E-state index in [0.29, 0.717) is 19.4 Å². The predicted molar refractivity (Wildman–Crippen MR) is 99.1 cm³/mol. The van der Waals surface area contributed by atoms with E-state index in [4.69, 9.17) is 9.47 Å². The molecule has 1 N–H and O–H groups in total. The van der Waals surface area contributed by atoms with Gasteiger partial charge < -0.3 is 14.6 Å². The summed E-state index contributed by atoms with van der Waals surface area (Å²) in [6, 6.07) is 9.97. The number of carbonyl (C=O) groups is 1. The molecule has 1 saturated heterocycles. The van der Waals surface area contributed by atoms with Gasteiger partial charge in [0.25, 0.3) is 0 Å². The molecule has 1 aliphatic rings. The van der Waals surface area contributed by atoms with Gasteiger partial charge in [0, 0.05) is 12.8 Å². The zero-order chi connectivity index (χ0) is 17.9. The van der Waals surface area contributed by atoms with Gasteiger partial charge in [-0.05, 0) is 12.0 Å². The van der Waals surface area contributed by atoms with E-state index in [0.717, 1.165) is 18.4 Å². The molecule has 0 amide bonds. The second-order valence-electron chi connectivity index (χ2n) is 6.68. The molecule has 0 radical (unpaired) electrons. The van der Waals surface area contributed by atoms with Gasteiger partial charge in [-0.15, -0.1) is 0 Å². The maximum Gasteiger partial charge on any atom is 0.308 e. The van der Waals surface area contributed by atoms with Crippen LogP contribution in [0.4, 0.5) is 0 Å². The van der Waals surface area contributed by atoms with Crippen molar-refractivity contribution in [3.8, 4) is 0 Å². The van der Waals surface area contributed by atoms with Crippen molar-refractivity contribution < 1.29 is 19.4 Å². The molecule has 1 aromatic carbocycles. The summed E-state index contributed by atoms with van der Waals surface area (Å²) in [5, 5.41) is 10.1. The first-order valence-corrected chi connectivity index (χ1v) is 9.39. The number of esters is 1. The standard InChI is InChI=1S/C21H30O4/c1-2-3-4-8-13-24-21(23)16-20-15-18(22)14-19(25-20)12-11-17-9-6-5-7-10-17/h5-7,9-12,18-20,22H,2-4,8,13-16H2,1H3/b12-11+/t18-,19+,20+/m1/s1. The lowest BCUT2D eigenvalue weighted by atomic mass is 9.98. The lowest BCUT2D eigenvalue weighted by Crippen LogP contribution is -2.36. The van der Waals surface area contributed by atoms with E-state index in [-0.39, 0.29) is 24.6 Å². The van der Waals surface area contributed by atoms with Crippen LogP contribution in [-0.2, 0) is 14.3 Å². The first-order valence-electron chi connectivity index (χ1n) is 9.39. The third kappa shape index (κ3) is 7.84. The molecule has 1 heterocycles. The maximum atomic E-state index is 11.9. The summed E-state index contributed by atoms with van der Waals surface area (Å²) < 4.78 is 11.2. The summed E-state index contributed by atoms with van der Waals surface area (Å²) >= 11 is 0. The summed E-state index contributed by atoms with van der Waals surface area (Å²) in [6.45, 7) is 2.63. The zero-order valence-electron chi connectivity index (χ0n) is 15.1. The molecule has 0 aliphatic carbocycles. The van der Waals surface area contributed by atoms with Crippen LogP contribution in [0.3, 0.4) is 0 Å². The summed E-state index contributed by atoms with van der Waals surface area (Å²) in [5.74, 6) is -0.235. The highest BCUT2D eigenvalue weighted by Gasteiger charge is 2.28. The Labute approximate surface area is 150 Å². The van der Waals surface area contributed by atoms with Crippen molar-refractivity contribution in [1.29, 1.82) is 0 Å². The van der Waals surface area contributed by atoms with Crippen molar-refractivity contribution in [1.82, 2.24) is 0 Å². The van der Waals surface area contributed by atoms with Crippen molar-refractivity contribution >= 4 is 12.0 Å². The minimum atomic E-state index is -0.443. The van der Waals surface area contributed by atoms with Crippen molar-refractivity contribution in [2.24, 2.45) is 0 Å². The van der Waals surface area contributed by atoms with E-state index in [1.54, 1.807) is 0 Å². The van der Waals surface area contributed by atoms with Gasteiger partial charge in [0.05, 0.1) is 31.3 Å². The van der Waals surface area contributed by atoms with Crippen LogP contribution in [0, 0.1) is 0 Å². The van der Waals surface area contributed by atoms with Crippen molar-refractivity contribution in [2.75, 3.05) is 6.61 Å². The van der Waals surface area contributed by atoms with Crippen LogP contribution in [-0.4, -0.2) is 36.0 Å². The number of ether oxygens (including phenoxy) is 2. The molecule has 2 rings (SSSR count). The Balaban J connectivity index is 1.75. The highest BCUT2D eigenvalue weighted by atomic mass is 16.5. The Hall–Kier alpha value is -1.65. The van der Waals surface area contributed by atoms with E-state index >= 15 is 0 Å². The lowest BCUT2D eigenvalue weighted by Gasteiger charge is -2.31. The Bertz CT molecular complexity index is 526. The quantitative estimate of drug-likeness (QED) is 0.540. The average Bonchev–Trinajstić information content (AvgIpc) is 2.60. The van der Waals surface area contributed by atoms with Crippen molar-refractivity contribution in [3.63, 3.8) is 0 Å². The van der Waals surface area contributed by atoms with Crippen molar-refractivity contribution in [3.05, 3.63) is 42.0 Å². The number of hydrogen-bond donors (Lipinski definition) is 1. The molecular formula is C21H30O4. The summed E-state index contributed by atoms with van der Waals surface area (Å²) in [5.41, 5.74) is 1.09. The number of aliphatic hydroxyl groups is 1. The first-order chi connectivity index (χ1) is 12.2. The van der Waals surface area contributed by atoms with Gasteiger partial charge in [-0.1, -0.05) is 68.7 Å². The number of carbonyl (C=O) groups excluding carboxylic acids is 1. The Kier molecular flexibility index (Phi) is 8.70. The molecule has 3 atom stereocenters. The number of aliphatic hydroxyl groups excluding tert-OH is 1.